The number of nitrogens with two attached hydrogens (primary N) is 1. The normalized spacial score (nSPS) is 39.9. The first kappa shape index (κ1) is 11.9. The molecule has 4 fully saturated rings. The number of primary sulfonamides is 1. The first-order valence-corrected chi connectivity index (χ1v) is 8.13. The summed E-state index contributed by atoms with van der Waals surface area (Å²) in [4.78, 5) is 2.54. The maximum Gasteiger partial charge on any atom is 0.212 e. The summed E-state index contributed by atoms with van der Waals surface area (Å²) in [5, 5.41) is 8.33. The van der Waals surface area contributed by atoms with Gasteiger partial charge in [-0.1, -0.05) is 0 Å². The Labute approximate surface area is 103 Å². The molecule has 17 heavy (non-hydrogen) atoms. The highest BCUT2D eigenvalue weighted by Crippen LogP contribution is 2.36. The quantitative estimate of drug-likeness (QED) is 0.700. The van der Waals surface area contributed by atoms with E-state index in [1.54, 1.807) is 0 Å². The molecule has 0 aromatic carbocycles. The van der Waals surface area contributed by atoms with Crippen LogP contribution in [0.3, 0.4) is 0 Å². The van der Waals surface area contributed by atoms with Crippen molar-refractivity contribution in [3.63, 3.8) is 0 Å². The Balaban J connectivity index is 1.78. The van der Waals surface area contributed by atoms with Crippen LogP contribution in [0.1, 0.15) is 25.7 Å². The molecule has 0 spiro atoms. The van der Waals surface area contributed by atoms with Crippen LogP contribution < -0.4 is 10.5 Å². The van der Waals surface area contributed by atoms with Crippen molar-refractivity contribution in [2.75, 3.05) is 19.6 Å². The number of nitrogens with one attached hydrogen (secondary N) is 1. The van der Waals surface area contributed by atoms with Crippen molar-refractivity contribution in [1.82, 2.24) is 10.2 Å². The molecule has 2 bridgehead atoms. The summed E-state index contributed by atoms with van der Waals surface area (Å²) in [6.45, 7) is 3.19. The van der Waals surface area contributed by atoms with Crippen LogP contribution >= 0.6 is 0 Å². The van der Waals surface area contributed by atoms with E-state index in [1.165, 1.54) is 6.42 Å². The average Bonchev–Trinajstić information content (AvgIpc) is 2.45. The van der Waals surface area contributed by atoms with Crippen molar-refractivity contribution >= 4 is 10.0 Å². The highest BCUT2D eigenvalue weighted by Gasteiger charge is 2.42. The van der Waals surface area contributed by atoms with Gasteiger partial charge in [0.2, 0.25) is 10.0 Å². The predicted octanol–water partition coefficient (Wildman–Crippen LogP) is -0.510. The first-order chi connectivity index (χ1) is 8.04. The van der Waals surface area contributed by atoms with E-state index >= 15 is 0 Å². The highest BCUT2D eigenvalue weighted by molar-refractivity contribution is 7.89. The van der Waals surface area contributed by atoms with E-state index < -0.39 is 10.0 Å². The van der Waals surface area contributed by atoms with Crippen LogP contribution in [0.25, 0.3) is 0 Å². The zero-order valence-electron chi connectivity index (χ0n) is 10.0. The van der Waals surface area contributed by atoms with Crippen LogP contribution in [0.5, 0.6) is 0 Å². The summed E-state index contributed by atoms with van der Waals surface area (Å²) >= 11 is 0. The van der Waals surface area contributed by atoms with Gasteiger partial charge in [-0.3, -0.25) is 4.90 Å². The van der Waals surface area contributed by atoms with Gasteiger partial charge >= 0.3 is 0 Å². The molecule has 3 saturated heterocycles. The average molecular weight is 259 g/mol. The van der Waals surface area contributed by atoms with Gasteiger partial charge in [0, 0.05) is 31.7 Å². The molecule has 3 N–H and O–H groups in total. The van der Waals surface area contributed by atoms with Crippen LogP contribution in [0.4, 0.5) is 0 Å². The van der Waals surface area contributed by atoms with Crippen molar-refractivity contribution in [3.05, 3.63) is 0 Å². The fraction of sp³-hybridized carbons (Fsp3) is 1.00. The number of nitrogens with zero attached hydrogens (tertiary/aromatic N) is 1. The van der Waals surface area contributed by atoms with E-state index in [4.69, 9.17) is 5.14 Å². The monoisotopic (exact) mass is 259 g/mol. The van der Waals surface area contributed by atoms with E-state index in [1.807, 2.05) is 0 Å². The van der Waals surface area contributed by atoms with Crippen molar-refractivity contribution in [3.8, 4) is 0 Å². The van der Waals surface area contributed by atoms with Gasteiger partial charge in [-0.15, -0.1) is 0 Å². The van der Waals surface area contributed by atoms with Gasteiger partial charge in [0.05, 0.1) is 5.25 Å². The molecule has 3 unspecified atom stereocenters. The number of sulfonamides is 1. The second kappa shape index (κ2) is 4.19. The topological polar surface area (TPSA) is 75.4 Å². The second-order valence-electron chi connectivity index (χ2n) is 5.79. The molecule has 5 nitrogen and oxygen atoms in total. The second-order valence-corrected chi connectivity index (χ2v) is 7.63. The molecule has 4 aliphatic rings. The molecule has 3 atom stereocenters. The molecular weight excluding hydrogens is 238 g/mol. The summed E-state index contributed by atoms with van der Waals surface area (Å²) in [5.74, 6) is 0.526. The Hall–Kier alpha value is -0.170. The molecule has 1 saturated carbocycles. The van der Waals surface area contributed by atoms with E-state index in [9.17, 15) is 8.42 Å². The lowest BCUT2D eigenvalue weighted by Gasteiger charge is -2.46. The fourth-order valence-electron chi connectivity index (χ4n) is 3.57. The number of hydrogen-bond acceptors (Lipinski definition) is 4. The first-order valence-electron chi connectivity index (χ1n) is 6.52. The smallest absolute Gasteiger partial charge is 0.212 e. The molecule has 98 valence electrons. The van der Waals surface area contributed by atoms with Gasteiger partial charge < -0.3 is 5.32 Å². The maximum absolute atomic E-state index is 11.6. The minimum absolute atomic E-state index is 0.307. The summed E-state index contributed by atoms with van der Waals surface area (Å²) in [5.41, 5.74) is 0. The summed E-state index contributed by atoms with van der Waals surface area (Å²) < 4.78 is 23.1. The van der Waals surface area contributed by atoms with Crippen molar-refractivity contribution < 1.29 is 8.42 Å². The van der Waals surface area contributed by atoms with Crippen molar-refractivity contribution in [1.29, 1.82) is 0 Å². The van der Waals surface area contributed by atoms with E-state index in [2.05, 4.69) is 10.2 Å². The van der Waals surface area contributed by atoms with Gasteiger partial charge in [0.15, 0.2) is 0 Å². The third-order valence-corrected chi connectivity index (χ3v) is 5.99. The van der Waals surface area contributed by atoms with Crippen molar-refractivity contribution in [2.24, 2.45) is 11.1 Å². The van der Waals surface area contributed by atoms with E-state index in [-0.39, 0.29) is 5.25 Å². The molecule has 0 aromatic rings. The Bertz CT molecular complexity index is 394. The summed E-state index contributed by atoms with van der Waals surface area (Å²) in [6, 6.07) is 1.06. The third kappa shape index (κ3) is 2.23. The molecule has 6 heteroatoms. The van der Waals surface area contributed by atoms with Crippen LogP contribution in [0.2, 0.25) is 0 Å². The molecule has 0 radical (unpaired) electrons. The fourth-order valence-corrected chi connectivity index (χ4v) is 4.60. The zero-order valence-corrected chi connectivity index (χ0v) is 10.8. The molecule has 1 aliphatic carbocycles. The number of piperidine rings is 1. The molecular formula is C11H21N3O2S. The van der Waals surface area contributed by atoms with Gasteiger partial charge in [-0.2, -0.15) is 0 Å². The minimum atomic E-state index is -3.36. The predicted molar refractivity (Wildman–Crippen MR) is 66.0 cm³/mol. The number of fused-ring (bicyclic) bond motifs is 4. The van der Waals surface area contributed by atoms with Crippen LogP contribution in [0.15, 0.2) is 0 Å². The third-order valence-electron chi connectivity index (χ3n) is 4.67. The lowest BCUT2D eigenvalue weighted by atomic mass is 9.92. The maximum atomic E-state index is 11.6. The summed E-state index contributed by atoms with van der Waals surface area (Å²) in [6.07, 6.45) is 3.83. The highest BCUT2D eigenvalue weighted by atomic mass is 32.2. The Morgan fingerprint density at radius 1 is 1.12 bits per heavy atom. The van der Waals surface area contributed by atoms with Crippen LogP contribution in [0, 0.1) is 5.92 Å². The lowest BCUT2D eigenvalue weighted by molar-refractivity contribution is 0.0501. The van der Waals surface area contributed by atoms with Gasteiger partial charge in [-0.25, -0.2) is 13.6 Å². The standard InChI is InChI=1S/C11H21N3O2S/c12-17(15,16)11-3-8-1-2-9(4-11)14(7-8)10-5-13-6-10/h8-11,13H,1-7H2,(H2,12,15,16). The Kier molecular flexibility index (Phi) is 2.93. The SMILES string of the molecule is NS(=O)(=O)C1CC2CCC(C1)N(C1CNC1)C2. The largest absolute Gasteiger partial charge is 0.314 e. The molecule has 0 aromatic heterocycles. The Morgan fingerprint density at radius 3 is 2.47 bits per heavy atom. The minimum Gasteiger partial charge on any atom is -0.314 e. The Morgan fingerprint density at radius 2 is 1.88 bits per heavy atom. The molecule has 3 aliphatic heterocycles. The van der Waals surface area contributed by atoms with Gasteiger partial charge in [0.25, 0.3) is 0 Å². The summed E-state index contributed by atoms with van der Waals surface area (Å²) in [7, 11) is -3.36. The molecule has 3 heterocycles. The van der Waals surface area contributed by atoms with E-state index in [0.29, 0.717) is 18.0 Å². The lowest BCUT2D eigenvalue weighted by Crippen LogP contribution is -2.61. The number of hydrogen-bond donors (Lipinski definition) is 2. The molecule has 0 amide bonds. The molecule has 4 rings (SSSR count). The van der Waals surface area contributed by atoms with Gasteiger partial charge in [-0.05, 0) is 31.6 Å². The van der Waals surface area contributed by atoms with Crippen molar-refractivity contribution in [2.45, 2.75) is 43.0 Å². The zero-order chi connectivity index (χ0) is 12.0. The van der Waals surface area contributed by atoms with Crippen LogP contribution in [-0.2, 0) is 10.0 Å². The van der Waals surface area contributed by atoms with Gasteiger partial charge in [0.1, 0.15) is 0 Å². The van der Waals surface area contributed by atoms with Crippen LogP contribution in [-0.4, -0.2) is 50.3 Å². The van der Waals surface area contributed by atoms with E-state index in [0.717, 1.165) is 38.9 Å². The number of rotatable bonds is 2.